The standard InChI is InChI=1S/C16H23ClN2O/c17-14-10-6-7-11-15(14)19-16(20)12-18-13-8-4-2-1-3-5-9-13/h6-7,10-11,13,18H,1-5,8-9,12H2,(H,19,20). The Morgan fingerprint density at radius 2 is 1.75 bits per heavy atom. The molecule has 4 heteroatoms. The molecule has 110 valence electrons. The maximum absolute atomic E-state index is 11.9. The van der Waals surface area contributed by atoms with Gasteiger partial charge >= 0.3 is 0 Å². The highest BCUT2D eigenvalue weighted by Gasteiger charge is 2.12. The Morgan fingerprint density at radius 1 is 1.10 bits per heavy atom. The van der Waals surface area contributed by atoms with Crippen LogP contribution in [0.3, 0.4) is 0 Å². The van der Waals surface area contributed by atoms with Crippen LogP contribution >= 0.6 is 11.6 Å². The lowest BCUT2D eigenvalue weighted by Gasteiger charge is -2.20. The Labute approximate surface area is 126 Å². The average Bonchev–Trinajstić information content (AvgIpc) is 2.40. The smallest absolute Gasteiger partial charge is 0.238 e. The van der Waals surface area contributed by atoms with Crippen molar-refractivity contribution in [2.45, 2.75) is 51.0 Å². The van der Waals surface area contributed by atoms with E-state index in [0.29, 0.717) is 23.3 Å². The van der Waals surface area contributed by atoms with Gasteiger partial charge in [-0.3, -0.25) is 4.79 Å². The van der Waals surface area contributed by atoms with E-state index in [0.717, 1.165) is 0 Å². The molecule has 0 aliphatic heterocycles. The molecule has 1 aromatic carbocycles. The minimum absolute atomic E-state index is 0.0276. The molecule has 1 aliphatic carbocycles. The summed E-state index contributed by atoms with van der Waals surface area (Å²) < 4.78 is 0. The number of anilines is 1. The van der Waals surface area contributed by atoms with Gasteiger partial charge in [0.15, 0.2) is 0 Å². The van der Waals surface area contributed by atoms with Crippen LogP contribution < -0.4 is 10.6 Å². The summed E-state index contributed by atoms with van der Waals surface area (Å²) in [6.45, 7) is 0.357. The first-order valence-corrected chi connectivity index (χ1v) is 7.91. The molecule has 0 aromatic heterocycles. The number of amides is 1. The van der Waals surface area contributed by atoms with Gasteiger partial charge in [-0.15, -0.1) is 0 Å². The van der Waals surface area contributed by atoms with Gasteiger partial charge < -0.3 is 10.6 Å². The highest BCUT2D eigenvalue weighted by molar-refractivity contribution is 6.33. The van der Waals surface area contributed by atoms with Crippen molar-refractivity contribution in [3.05, 3.63) is 29.3 Å². The first-order valence-electron chi connectivity index (χ1n) is 7.53. The van der Waals surface area contributed by atoms with Gasteiger partial charge in [0.2, 0.25) is 5.91 Å². The third-order valence-electron chi connectivity index (χ3n) is 3.80. The molecule has 0 heterocycles. The second-order valence-corrected chi connectivity index (χ2v) is 5.86. The van der Waals surface area contributed by atoms with Gasteiger partial charge in [-0.2, -0.15) is 0 Å². The Morgan fingerprint density at radius 3 is 2.45 bits per heavy atom. The molecule has 1 amide bonds. The minimum Gasteiger partial charge on any atom is -0.324 e. The van der Waals surface area contributed by atoms with Gasteiger partial charge in [0.1, 0.15) is 0 Å². The van der Waals surface area contributed by atoms with Gasteiger partial charge in [0, 0.05) is 6.04 Å². The van der Waals surface area contributed by atoms with Crippen LogP contribution in [0.2, 0.25) is 5.02 Å². The second kappa shape index (κ2) is 8.28. The Balaban J connectivity index is 1.75. The zero-order valence-electron chi connectivity index (χ0n) is 11.8. The molecule has 3 nitrogen and oxygen atoms in total. The van der Waals surface area contributed by atoms with Crippen molar-refractivity contribution < 1.29 is 4.79 Å². The lowest BCUT2D eigenvalue weighted by Crippen LogP contribution is -2.36. The van der Waals surface area contributed by atoms with Crippen molar-refractivity contribution in [1.29, 1.82) is 0 Å². The van der Waals surface area contributed by atoms with E-state index < -0.39 is 0 Å². The number of carbonyl (C=O) groups excluding carboxylic acids is 1. The molecule has 0 radical (unpaired) electrons. The molecule has 0 spiro atoms. The Hall–Kier alpha value is -1.06. The van der Waals surface area contributed by atoms with Crippen LogP contribution in [-0.2, 0) is 4.79 Å². The third kappa shape index (κ3) is 5.14. The highest BCUT2D eigenvalue weighted by Crippen LogP contribution is 2.20. The molecule has 1 fully saturated rings. The van der Waals surface area contributed by atoms with E-state index in [1.54, 1.807) is 6.07 Å². The van der Waals surface area contributed by atoms with E-state index in [2.05, 4.69) is 10.6 Å². The van der Waals surface area contributed by atoms with Crippen LogP contribution in [-0.4, -0.2) is 18.5 Å². The first-order chi connectivity index (χ1) is 9.75. The van der Waals surface area contributed by atoms with Crippen molar-refractivity contribution in [2.75, 3.05) is 11.9 Å². The number of benzene rings is 1. The number of hydrogen-bond donors (Lipinski definition) is 2. The fraction of sp³-hybridized carbons (Fsp3) is 0.562. The van der Waals surface area contributed by atoms with E-state index in [-0.39, 0.29) is 5.91 Å². The molecule has 2 N–H and O–H groups in total. The van der Waals surface area contributed by atoms with E-state index in [1.807, 2.05) is 18.2 Å². The lowest BCUT2D eigenvalue weighted by molar-refractivity contribution is -0.115. The molecule has 20 heavy (non-hydrogen) atoms. The summed E-state index contributed by atoms with van der Waals surface area (Å²) in [6.07, 6.45) is 8.90. The van der Waals surface area contributed by atoms with Gasteiger partial charge in [0.25, 0.3) is 0 Å². The van der Waals surface area contributed by atoms with Gasteiger partial charge in [-0.05, 0) is 25.0 Å². The number of halogens is 1. The third-order valence-corrected chi connectivity index (χ3v) is 4.13. The monoisotopic (exact) mass is 294 g/mol. The maximum atomic E-state index is 11.9. The molecular formula is C16H23ClN2O. The minimum atomic E-state index is -0.0276. The number of nitrogens with one attached hydrogen (secondary N) is 2. The molecular weight excluding hydrogens is 272 g/mol. The summed E-state index contributed by atoms with van der Waals surface area (Å²) >= 11 is 6.02. The molecule has 0 bridgehead atoms. The van der Waals surface area contributed by atoms with E-state index in [1.165, 1.54) is 44.9 Å². The SMILES string of the molecule is O=C(CNC1CCCCCCC1)Nc1ccccc1Cl. The largest absolute Gasteiger partial charge is 0.324 e. The van der Waals surface area contributed by atoms with E-state index in [9.17, 15) is 4.79 Å². The highest BCUT2D eigenvalue weighted by atomic mass is 35.5. The molecule has 1 aliphatic rings. The second-order valence-electron chi connectivity index (χ2n) is 5.45. The molecule has 0 saturated heterocycles. The zero-order valence-corrected chi connectivity index (χ0v) is 12.6. The zero-order chi connectivity index (χ0) is 14.2. The van der Waals surface area contributed by atoms with E-state index >= 15 is 0 Å². The molecule has 1 aromatic rings. The average molecular weight is 295 g/mol. The summed E-state index contributed by atoms with van der Waals surface area (Å²) in [6, 6.07) is 7.79. The van der Waals surface area contributed by atoms with Gasteiger partial charge in [0.05, 0.1) is 17.3 Å². The van der Waals surface area contributed by atoms with Gasteiger partial charge in [-0.1, -0.05) is 55.8 Å². The van der Waals surface area contributed by atoms with Crippen LogP contribution in [0.25, 0.3) is 0 Å². The van der Waals surface area contributed by atoms with Crippen LogP contribution in [0.1, 0.15) is 44.9 Å². The number of hydrogen-bond acceptors (Lipinski definition) is 2. The Kier molecular flexibility index (Phi) is 6.34. The molecule has 2 rings (SSSR count). The van der Waals surface area contributed by atoms with Crippen LogP contribution in [0.15, 0.2) is 24.3 Å². The fourth-order valence-electron chi connectivity index (χ4n) is 2.65. The van der Waals surface area contributed by atoms with Crippen molar-refractivity contribution in [3.8, 4) is 0 Å². The van der Waals surface area contributed by atoms with Crippen molar-refractivity contribution in [3.63, 3.8) is 0 Å². The predicted octanol–water partition coefficient (Wildman–Crippen LogP) is 3.98. The molecule has 1 saturated carbocycles. The van der Waals surface area contributed by atoms with Crippen molar-refractivity contribution in [1.82, 2.24) is 5.32 Å². The van der Waals surface area contributed by atoms with Crippen LogP contribution in [0, 0.1) is 0 Å². The van der Waals surface area contributed by atoms with E-state index in [4.69, 9.17) is 11.6 Å². The molecule has 0 unspecified atom stereocenters. The normalized spacial score (nSPS) is 17.2. The summed E-state index contributed by atoms with van der Waals surface area (Å²) in [5, 5.41) is 6.79. The van der Waals surface area contributed by atoms with Crippen molar-refractivity contribution in [2.24, 2.45) is 0 Å². The quantitative estimate of drug-likeness (QED) is 0.882. The van der Waals surface area contributed by atoms with Crippen LogP contribution in [0.5, 0.6) is 0 Å². The Bertz CT molecular complexity index is 428. The number of carbonyl (C=O) groups is 1. The van der Waals surface area contributed by atoms with Crippen LogP contribution in [0.4, 0.5) is 5.69 Å². The summed E-state index contributed by atoms with van der Waals surface area (Å²) in [5.74, 6) is -0.0276. The maximum Gasteiger partial charge on any atom is 0.238 e. The number of rotatable bonds is 4. The summed E-state index contributed by atoms with van der Waals surface area (Å²) in [5.41, 5.74) is 0.679. The fourth-order valence-corrected chi connectivity index (χ4v) is 2.84. The molecule has 0 atom stereocenters. The van der Waals surface area contributed by atoms with Gasteiger partial charge in [-0.25, -0.2) is 0 Å². The predicted molar refractivity (Wildman–Crippen MR) is 84.2 cm³/mol. The summed E-state index contributed by atoms with van der Waals surface area (Å²) in [7, 11) is 0. The summed E-state index contributed by atoms with van der Waals surface area (Å²) in [4.78, 5) is 11.9. The number of para-hydroxylation sites is 1. The topological polar surface area (TPSA) is 41.1 Å². The lowest BCUT2D eigenvalue weighted by atomic mass is 9.97. The first kappa shape index (κ1) is 15.3. The van der Waals surface area contributed by atoms with Crippen molar-refractivity contribution >= 4 is 23.2 Å².